The molecule has 2 N–H and O–H groups in total. The number of nitrogens with two attached hydrogens (primary N) is 1. The molecule has 1 heterocycles. The fourth-order valence-corrected chi connectivity index (χ4v) is 1.73. The number of benzene rings is 1. The summed E-state index contributed by atoms with van der Waals surface area (Å²) in [5, 5.41) is 0. The number of nitrogens with zero attached hydrogens (tertiary/aromatic N) is 2. The highest BCUT2D eigenvalue weighted by atomic mass is 16.5. The van der Waals surface area contributed by atoms with Gasteiger partial charge in [0.15, 0.2) is 17.2 Å². The maximum Gasteiger partial charge on any atom is 0.250 e. The molecule has 1 aromatic heterocycles. The number of nitrogen functional groups attached to an aromatic ring is 1. The lowest BCUT2D eigenvalue weighted by molar-refractivity contribution is 0.368. The molecule has 2 aromatic rings. The molecule has 0 fully saturated rings. The third-order valence-corrected chi connectivity index (χ3v) is 2.85. The first-order valence-electron chi connectivity index (χ1n) is 6.18. The van der Waals surface area contributed by atoms with E-state index in [1.807, 2.05) is 18.2 Å². The van der Waals surface area contributed by atoms with Crippen LogP contribution in [0.4, 0.5) is 5.69 Å². The molecule has 0 atom stereocenters. The molecule has 20 heavy (non-hydrogen) atoms. The van der Waals surface area contributed by atoms with Crippen molar-refractivity contribution < 1.29 is 14.2 Å². The van der Waals surface area contributed by atoms with E-state index in [2.05, 4.69) is 16.9 Å². The Balaban J connectivity index is 2.35. The van der Waals surface area contributed by atoms with Crippen LogP contribution in [0.15, 0.2) is 24.5 Å². The molecular weight excluding hydrogens is 258 g/mol. The molecule has 2 rings (SSSR count). The molecule has 0 aliphatic carbocycles. The Morgan fingerprint density at radius 3 is 2.45 bits per heavy atom. The van der Waals surface area contributed by atoms with Crippen LogP contribution in [0.1, 0.15) is 12.5 Å². The number of methoxy groups -OCH3 is 2. The van der Waals surface area contributed by atoms with E-state index < -0.39 is 0 Å². The number of aromatic nitrogens is 2. The largest absolute Gasteiger partial charge is 0.493 e. The van der Waals surface area contributed by atoms with Gasteiger partial charge < -0.3 is 19.9 Å². The van der Waals surface area contributed by atoms with Crippen LogP contribution in [0.25, 0.3) is 0 Å². The van der Waals surface area contributed by atoms with Gasteiger partial charge >= 0.3 is 0 Å². The zero-order valence-corrected chi connectivity index (χ0v) is 11.7. The van der Waals surface area contributed by atoms with Gasteiger partial charge in [-0.3, -0.25) is 0 Å². The monoisotopic (exact) mass is 275 g/mol. The lowest BCUT2D eigenvalue weighted by Gasteiger charge is -2.12. The van der Waals surface area contributed by atoms with Crippen molar-refractivity contribution in [3.8, 4) is 23.3 Å². The lowest BCUT2D eigenvalue weighted by Crippen LogP contribution is -2.01. The Bertz CT molecular complexity index is 602. The summed E-state index contributed by atoms with van der Waals surface area (Å²) in [5.41, 5.74) is 7.28. The molecule has 0 amide bonds. The molecule has 0 saturated carbocycles. The molecule has 0 aliphatic heterocycles. The average molecular weight is 275 g/mol. The summed E-state index contributed by atoms with van der Waals surface area (Å²) in [4.78, 5) is 7.91. The second kappa shape index (κ2) is 6.10. The molecule has 0 radical (unpaired) electrons. The first-order valence-corrected chi connectivity index (χ1v) is 6.18. The van der Waals surface area contributed by atoms with Crippen LogP contribution in [0.5, 0.6) is 23.3 Å². The average Bonchev–Trinajstić information content (AvgIpc) is 2.49. The van der Waals surface area contributed by atoms with Gasteiger partial charge in [-0.15, -0.1) is 0 Å². The van der Waals surface area contributed by atoms with E-state index in [9.17, 15) is 0 Å². The van der Waals surface area contributed by atoms with Crippen molar-refractivity contribution in [2.75, 3.05) is 20.0 Å². The van der Waals surface area contributed by atoms with E-state index in [4.69, 9.17) is 19.9 Å². The first kappa shape index (κ1) is 13.9. The molecule has 6 nitrogen and oxygen atoms in total. The summed E-state index contributed by atoms with van der Waals surface area (Å²) >= 11 is 0. The zero-order valence-electron chi connectivity index (χ0n) is 11.7. The van der Waals surface area contributed by atoms with Gasteiger partial charge in [0.1, 0.15) is 6.33 Å². The third kappa shape index (κ3) is 2.74. The number of hydrogen-bond acceptors (Lipinski definition) is 6. The predicted octanol–water partition coefficient (Wildman–Crippen LogP) is 2.43. The maximum atomic E-state index is 5.87. The Morgan fingerprint density at radius 2 is 1.80 bits per heavy atom. The number of rotatable bonds is 5. The molecule has 0 bridgehead atoms. The Labute approximate surface area is 117 Å². The van der Waals surface area contributed by atoms with Gasteiger partial charge in [-0.25, -0.2) is 0 Å². The van der Waals surface area contributed by atoms with Crippen molar-refractivity contribution in [1.82, 2.24) is 9.97 Å². The second-order valence-corrected chi connectivity index (χ2v) is 4.04. The first-order chi connectivity index (χ1) is 9.69. The van der Waals surface area contributed by atoms with Crippen molar-refractivity contribution in [2.24, 2.45) is 0 Å². The predicted molar refractivity (Wildman–Crippen MR) is 75.4 cm³/mol. The highest BCUT2D eigenvalue weighted by Gasteiger charge is 2.13. The highest BCUT2D eigenvalue weighted by Crippen LogP contribution is 2.35. The minimum Gasteiger partial charge on any atom is -0.493 e. The van der Waals surface area contributed by atoms with Gasteiger partial charge in [-0.1, -0.05) is 13.0 Å². The minimum absolute atomic E-state index is 0.236. The lowest BCUT2D eigenvalue weighted by atomic mass is 10.1. The molecule has 1 aromatic carbocycles. The van der Waals surface area contributed by atoms with Crippen LogP contribution < -0.4 is 19.9 Å². The van der Waals surface area contributed by atoms with Crippen molar-refractivity contribution in [3.63, 3.8) is 0 Å². The Morgan fingerprint density at radius 1 is 1.05 bits per heavy atom. The molecular formula is C14H17N3O3. The fraction of sp³-hybridized carbons (Fsp3) is 0.286. The molecule has 0 saturated heterocycles. The van der Waals surface area contributed by atoms with Gasteiger partial charge in [-0.05, 0) is 24.1 Å². The van der Waals surface area contributed by atoms with Gasteiger partial charge in [-0.2, -0.15) is 9.97 Å². The summed E-state index contributed by atoms with van der Waals surface area (Å²) in [6.45, 7) is 2.07. The van der Waals surface area contributed by atoms with Crippen LogP contribution in [-0.2, 0) is 6.42 Å². The molecule has 6 heteroatoms. The summed E-state index contributed by atoms with van der Waals surface area (Å²) in [6, 6.07) is 5.71. The zero-order chi connectivity index (χ0) is 14.5. The van der Waals surface area contributed by atoms with Crippen LogP contribution in [-0.4, -0.2) is 24.2 Å². The van der Waals surface area contributed by atoms with Crippen molar-refractivity contribution in [2.45, 2.75) is 13.3 Å². The molecule has 0 aliphatic rings. The number of anilines is 1. The molecule has 0 unspecified atom stereocenters. The van der Waals surface area contributed by atoms with E-state index in [-0.39, 0.29) is 17.4 Å². The van der Waals surface area contributed by atoms with E-state index in [1.165, 1.54) is 13.4 Å². The van der Waals surface area contributed by atoms with Crippen LogP contribution in [0.2, 0.25) is 0 Å². The summed E-state index contributed by atoms with van der Waals surface area (Å²) < 4.78 is 16.0. The van der Waals surface area contributed by atoms with E-state index in [0.717, 1.165) is 12.0 Å². The smallest absolute Gasteiger partial charge is 0.250 e. The highest BCUT2D eigenvalue weighted by molar-refractivity contribution is 5.57. The maximum absolute atomic E-state index is 5.87. The topological polar surface area (TPSA) is 79.5 Å². The number of aryl methyl sites for hydroxylation is 1. The minimum atomic E-state index is 0.236. The van der Waals surface area contributed by atoms with Gasteiger partial charge in [0.2, 0.25) is 11.8 Å². The van der Waals surface area contributed by atoms with Crippen molar-refractivity contribution in [3.05, 3.63) is 30.1 Å². The van der Waals surface area contributed by atoms with Gasteiger partial charge in [0, 0.05) is 0 Å². The number of hydrogen-bond donors (Lipinski definition) is 1. The molecule has 106 valence electrons. The van der Waals surface area contributed by atoms with E-state index in [0.29, 0.717) is 11.5 Å². The SMILES string of the molecule is CCc1ccc(Oc2ncnc(OC)c2N)c(OC)c1. The molecule has 0 spiro atoms. The van der Waals surface area contributed by atoms with Crippen molar-refractivity contribution in [1.29, 1.82) is 0 Å². The van der Waals surface area contributed by atoms with Gasteiger partial charge in [0.25, 0.3) is 0 Å². The van der Waals surface area contributed by atoms with Crippen molar-refractivity contribution >= 4 is 5.69 Å². The fourth-order valence-electron chi connectivity index (χ4n) is 1.73. The standard InChI is InChI=1S/C14H17N3O3/c1-4-9-5-6-10(11(7-9)18-2)20-14-12(15)13(19-3)16-8-17-14/h5-8H,4,15H2,1-3H3. The summed E-state index contributed by atoms with van der Waals surface area (Å²) in [5.74, 6) is 1.68. The van der Waals surface area contributed by atoms with Crippen LogP contribution in [0, 0.1) is 0 Å². The Kier molecular flexibility index (Phi) is 4.24. The van der Waals surface area contributed by atoms with E-state index >= 15 is 0 Å². The van der Waals surface area contributed by atoms with Crippen LogP contribution in [0.3, 0.4) is 0 Å². The Hall–Kier alpha value is -2.50. The summed E-state index contributed by atoms with van der Waals surface area (Å²) in [6.07, 6.45) is 2.25. The van der Waals surface area contributed by atoms with E-state index in [1.54, 1.807) is 7.11 Å². The normalized spacial score (nSPS) is 10.2. The second-order valence-electron chi connectivity index (χ2n) is 4.04. The van der Waals surface area contributed by atoms with Gasteiger partial charge in [0.05, 0.1) is 14.2 Å². The van der Waals surface area contributed by atoms with Crippen LogP contribution >= 0.6 is 0 Å². The number of ether oxygens (including phenoxy) is 3. The summed E-state index contributed by atoms with van der Waals surface area (Å²) in [7, 11) is 3.07. The third-order valence-electron chi connectivity index (χ3n) is 2.85. The quantitative estimate of drug-likeness (QED) is 0.902.